The van der Waals surface area contributed by atoms with Crippen molar-refractivity contribution < 1.29 is 4.79 Å². The van der Waals surface area contributed by atoms with E-state index in [9.17, 15) is 4.79 Å². The number of hydrogen-bond acceptors (Lipinski definition) is 3. The Labute approximate surface area is 133 Å². The molecule has 120 valence electrons. The van der Waals surface area contributed by atoms with Crippen LogP contribution in [0.2, 0.25) is 0 Å². The van der Waals surface area contributed by atoms with Crippen molar-refractivity contribution >= 4 is 11.6 Å². The van der Waals surface area contributed by atoms with Gasteiger partial charge in [-0.1, -0.05) is 18.6 Å². The maximum absolute atomic E-state index is 12.1. The summed E-state index contributed by atoms with van der Waals surface area (Å²) in [5.74, 6) is 0.106. The SMILES string of the molecule is O=C(CN1CCCCC1)Nc1ccc(CN2CCCC2)cc1. The number of rotatable bonds is 5. The average molecular weight is 301 g/mol. The Morgan fingerprint density at radius 2 is 1.45 bits per heavy atom. The van der Waals surface area contributed by atoms with Crippen molar-refractivity contribution in [3.05, 3.63) is 29.8 Å². The van der Waals surface area contributed by atoms with E-state index in [1.165, 1.54) is 50.8 Å². The lowest BCUT2D eigenvalue weighted by atomic mass is 10.1. The Morgan fingerprint density at radius 1 is 0.864 bits per heavy atom. The van der Waals surface area contributed by atoms with Crippen molar-refractivity contribution in [3.63, 3.8) is 0 Å². The summed E-state index contributed by atoms with van der Waals surface area (Å²) in [5, 5.41) is 3.02. The lowest BCUT2D eigenvalue weighted by Gasteiger charge is -2.25. The van der Waals surface area contributed by atoms with Crippen molar-refractivity contribution in [2.24, 2.45) is 0 Å². The first kappa shape index (κ1) is 15.5. The zero-order valence-electron chi connectivity index (χ0n) is 13.4. The quantitative estimate of drug-likeness (QED) is 0.908. The summed E-state index contributed by atoms with van der Waals surface area (Å²) >= 11 is 0. The molecule has 0 atom stereocenters. The maximum atomic E-state index is 12.1. The molecular formula is C18H27N3O. The van der Waals surface area contributed by atoms with Crippen LogP contribution in [0.1, 0.15) is 37.7 Å². The number of piperidine rings is 1. The van der Waals surface area contributed by atoms with Gasteiger partial charge in [0, 0.05) is 12.2 Å². The molecule has 0 bridgehead atoms. The predicted molar refractivity (Wildman–Crippen MR) is 89.9 cm³/mol. The first-order valence-electron chi connectivity index (χ1n) is 8.63. The van der Waals surface area contributed by atoms with E-state index in [2.05, 4.69) is 27.2 Å². The van der Waals surface area contributed by atoms with Crippen molar-refractivity contribution in [2.45, 2.75) is 38.6 Å². The van der Waals surface area contributed by atoms with E-state index >= 15 is 0 Å². The van der Waals surface area contributed by atoms with E-state index < -0.39 is 0 Å². The number of benzene rings is 1. The number of nitrogens with zero attached hydrogens (tertiary/aromatic N) is 2. The zero-order valence-corrected chi connectivity index (χ0v) is 13.4. The summed E-state index contributed by atoms with van der Waals surface area (Å²) in [6, 6.07) is 8.32. The van der Waals surface area contributed by atoms with Gasteiger partial charge in [0.05, 0.1) is 6.54 Å². The van der Waals surface area contributed by atoms with Gasteiger partial charge in [-0.15, -0.1) is 0 Å². The van der Waals surface area contributed by atoms with Gasteiger partial charge in [-0.25, -0.2) is 0 Å². The van der Waals surface area contributed by atoms with Crippen LogP contribution < -0.4 is 5.32 Å². The molecule has 1 amide bonds. The van der Waals surface area contributed by atoms with E-state index in [4.69, 9.17) is 0 Å². The molecule has 0 radical (unpaired) electrons. The fourth-order valence-corrected chi connectivity index (χ4v) is 3.41. The Balaban J connectivity index is 1.46. The highest BCUT2D eigenvalue weighted by molar-refractivity contribution is 5.92. The van der Waals surface area contributed by atoms with Gasteiger partial charge < -0.3 is 5.32 Å². The number of carbonyl (C=O) groups excluding carboxylic acids is 1. The number of hydrogen-bond donors (Lipinski definition) is 1. The van der Waals surface area contributed by atoms with Gasteiger partial charge >= 0.3 is 0 Å². The molecule has 3 rings (SSSR count). The first-order valence-corrected chi connectivity index (χ1v) is 8.63. The number of likely N-dealkylation sites (tertiary alicyclic amines) is 2. The molecule has 0 spiro atoms. The van der Waals surface area contributed by atoms with Crippen LogP contribution >= 0.6 is 0 Å². The Kier molecular flexibility index (Phi) is 5.46. The van der Waals surface area contributed by atoms with Crippen LogP contribution in [-0.2, 0) is 11.3 Å². The maximum Gasteiger partial charge on any atom is 0.238 e. The standard InChI is InChI=1S/C18H27N3O/c22-18(15-21-10-2-1-3-11-21)19-17-8-6-16(7-9-17)14-20-12-4-5-13-20/h6-9H,1-5,10-15H2,(H,19,22). The van der Waals surface area contributed by atoms with Crippen LogP contribution in [0.3, 0.4) is 0 Å². The van der Waals surface area contributed by atoms with Gasteiger partial charge in [0.1, 0.15) is 0 Å². The Morgan fingerprint density at radius 3 is 2.14 bits per heavy atom. The molecule has 1 aromatic carbocycles. The highest BCUT2D eigenvalue weighted by Crippen LogP contribution is 2.15. The van der Waals surface area contributed by atoms with E-state index in [1.54, 1.807) is 0 Å². The lowest BCUT2D eigenvalue weighted by molar-refractivity contribution is -0.117. The molecular weight excluding hydrogens is 274 g/mol. The number of nitrogens with one attached hydrogen (secondary N) is 1. The Hall–Kier alpha value is -1.39. The fraction of sp³-hybridized carbons (Fsp3) is 0.611. The third-order valence-corrected chi connectivity index (χ3v) is 4.66. The van der Waals surface area contributed by atoms with Gasteiger partial charge in [-0.2, -0.15) is 0 Å². The molecule has 0 unspecified atom stereocenters. The minimum atomic E-state index is 0.106. The highest BCUT2D eigenvalue weighted by Gasteiger charge is 2.14. The minimum Gasteiger partial charge on any atom is -0.325 e. The zero-order chi connectivity index (χ0) is 15.2. The molecule has 4 nitrogen and oxygen atoms in total. The minimum absolute atomic E-state index is 0.106. The molecule has 0 aromatic heterocycles. The molecule has 4 heteroatoms. The van der Waals surface area contributed by atoms with E-state index in [0.29, 0.717) is 6.54 Å². The smallest absolute Gasteiger partial charge is 0.238 e. The molecule has 2 aliphatic heterocycles. The van der Waals surface area contributed by atoms with Crippen molar-refractivity contribution in [1.29, 1.82) is 0 Å². The normalized spacial score (nSPS) is 20.2. The molecule has 2 heterocycles. The molecule has 2 aliphatic rings. The third-order valence-electron chi connectivity index (χ3n) is 4.66. The van der Waals surface area contributed by atoms with Crippen LogP contribution in [0.5, 0.6) is 0 Å². The lowest BCUT2D eigenvalue weighted by Crippen LogP contribution is -2.36. The van der Waals surface area contributed by atoms with Gasteiger partial charge in [-0.05, 0) is 69.6 Å². The Bertz CT molecular complexity index is 474. The van der Waals surface area contributed by atoms with Crippen LogP contribution in [0.25, 0.3) is 0 Å². The molecule has 1 N–H and O–H groups in total. The summed E-state index contributed by atoms with van der Waals surface area (Å²) in [7, 11) is 0. The predicted octanol–water partition coefficient (Wildman–Crippen LogP) is 2.71. The number of carbonyl (C=O) groups is 1. The van der Waals surface area contributed by atoms with Gasteiger partial charge in [0.2, 0.25) is 5.91 Å². The first-order chi connectivity index (χ1) is 10.8. The highest BCUT2D eigenvalue weighted by atomic mass is 16.2. The van der Waals surface area contributed by atoms with Crippen LogP contribution in [0, 0.1) is 0 Å². The van der Waals surface area contributed by atoms with E-state index in [-0.39, 0.29) is 5.91 Å². The summed E-state index contributed by atoms with van der Waals surface area (Å²) in [4.78, 5) is 16.8. The third kappa shape index (κ3) is 4.55. The number of anilines is 1. The fourth-order valence-electron chi connectivity index (χ4n) is 3.41. The van der Waals surface area contributed by atoms with Crippen LogP contribution in [-0.4, -0.2) is 48.4 Å². The van der Waals surface area contributed by atoms with Crippen molar-refractivity contribution in [1.82, 2.24) is 9.80 Å². The summed E-state index contributed by atoms with van der Waals surface area (Å²) in [6.45, 7) is 6.10. The second-order valence-corrected chi connectivity index (χ2v) is 6.57. The monoisotopic (exact) mass is 301 g/mol. The van der Waals surface area contributed by atoms with Gasteiger partial charge in [0.25, 0.3) is 0 Å². The van der Waals surface area contributed by atoms with Gasteiger partial charge in [-0.3, -0.25) is 14.6 Å². The summed E-state index contributed by atoms with van der Waals surface area (Å²) in [5.41, 5.74) is 2.24. The molecule has 0 saturated carbocycles. The molecule has 1 aromatic rings. The largest absolute Gasteiger partial charge is 0.325 e. The molecule has 22 heavy (non-hydrogen) atoms. The topological polar surface area (TPSA) is 35.6 Å². The van der Waals surface area contributed by atoms with Gasteiger partial charge in [0.15, 0.2) is 0 Å². The van der Waals surface area contributed by atoms with E-state index in [1.807, 2.05) is 12.1 Å². The second kappa shape index (κ2) is 7.75. The van der Waals surface area contributed by atoms with E-state index in [0.717, 1.165) is 25.3 Å². The van der Waals surface area contributed by atoms with Crippen molar-refractivity contribution in [3.8, 4) is 0 Å². The summed E-state index contributed by atoms with van der Waals surface area (Å²) < 4.78 is 0. The summed E-state index contributed by atoms with van der Waals surface area (Å²) in [6.07, 6.45) is 6.39. The second-order valence-electron chi connectivity index (χ2n) is 6.57. The number of amides is 1. The molecule has 2 saturated heterocycles. The molecule has 2 fully saturated rings. The van der Waals surface area contributed by atoms with Crippen LogP contribution in [0.4, 0.5) is 5.69 Å². The molecule has 0 aliphatic carbocycles. The average Bonchev–Trinajstić information content (AvgIpc) is 3.03. The van der Waals surface area contributed by atoms with Crippen molar-refractivity contribution in [2.75, 3.05) is 38.0 Å². The van der Waals surface area contributed by atoms with Crippen LogP contribution in [0.15, 0.2) is 24.3 Å².